The number of aliphatic imine (C=N–C) groups is 1. The molecule has 1 aliphatic carbocycles. The van der Waals surface area contributed by atoms with Crippen molar-refractivity contribution < 1.29 is 0 Å². The monoisotopic (exact) mass is 382 g/mol. The second-order valence-electron chi connectivity index (χ2n) is 7.70. The van der Waals surface area contributed by atoms with E-state index in [1.165, 1.54) is 43.2 Å². The summed E-state index contributed by atoms with van der Waals surface area (Å²) in [4.78, 5) is 6.89. The summed E-state index contributed by atoms with van der Waals surface area (Å²) < 4.78 is 1.87. The molecule has 1 fully saturated rings. The molecular formula is C22H34N6. The second-order valence-corrected chi connectivity index (χ2v) is 7.70. The lowest BCUT2D eigenvalue weighted by atomic mass is 9.94. The Labute approximate surface area is 169 Å². The Morgan fingerprint density at radius 2 is 1.82 bits per heavy atom. The number of nitrogens with zero attached hydrogens (tertiary/aromatic N) is 4. The maximum absolute atomic E-state index is 4.35. The van der Waals surface area contributed by atoms with Gasteiger partial charge in [-0.15, -0.1) is 0 Å². The number of nitrogens with one attached hydrogen (secondary N) is 2. The lowest BCUT2D eigenvalue weighted by Gasteiger charge is -2.31. The normalized spacial score (nSPS) is 15.8. The third-order valence-corrected chi connectivity index (χ3v) is 5.77. The van der Waals surface area contributed by atoms with Crippen LogP contribution in [0.1, 0.15) is 48.9 Å². The molecule has 0 aliphatic heterocycles. The van der Waals surface area contributed by atoms with Crippen molar-refractivity contribution in [3.05, 3.63) is 53.3 Å². The maximum atomic E-state index is 4.35. The number of rotatable bonds is 7. The number of aryl methyl sites for hydroxylation is 1. The zero-order valence-electron chi connectivity index (χ0n) is 17.5. The van der Waals surface area contributed by atoms with E-state index >= 15 is 0 Å². The van der Waals surface area contributed by atoms with Gasteiger partial charge < -0.3 is 10.6 Å². The zero-order chi connectivity index (χ0) is 19.8. The Kier molecular flexibility index (Phi) is 7.48. The molecule has 152 valence electrons. The minimum absolute atomic E-state index is 0.697. The molecule has 1 saturated carbocycles. The minimum atomic E-state index is 0.697. The van der Waals surface area contributed by atoms with Crippen molar-refractivity contribution in [1.29, 1.82) is 0 Å². The summed E-state index contributed by atoms with van der Waals surface area (Å²) in [6.07, 6.45) is 8.62. The Morgan fingerprint density at radius 3 is 2.50 bits per heavy atom. The van der Waals surface area contributed by atoms with Crippen molar-refractivity contribution >= 4 is 5.96 Å². The Hall–Kier alpha value is -2.34. The Morgan fingerprint density at radius 1 is 1.11 bits per heavy atom. The SMILES string of the molecule is CN=C(NCc1ccccc1CN(C)C1CCCCC1)NCc1ccnn1C. The van der Waals surface area contributed by atoms with Crippen molar-refractivity contribution in [2.45, 2.75) is 57.8 Å². The molecule has 6 nitrogen and oxygen atoms in total. The molecule has 2 aromatic rings. The molecule has 0 unspecified atom stereocenters. The van der Waals surface area contributed by atoms with E-state index in [4.69, 9.17) is 0 Å². The van der Waals surface area contributed by atoms with Crippen LogP contribution in [-0.2, 0) is 26.7 Å². The Balaban J connectivity index is 1.55. The second kappa shape index (κ2) is 10.3. The van der Waals surface area contributed by atoms with Gasteiger partial charge in [-0.25, -0.2) is 0 Å². The van der Waals surface area contributed by atoms with Gasteiger partial charge in [0.25, 0.3) is 0 Å². The predicted molar refractivity (Wildman–Crippen MR) is 115 cm³/mol. The van der Waals surface area contributed by atoms with Crippen LogP contribution >= 0.6 is 0 Å². The number of guanidine groups is 1. The molecule has 1 aromatic heterocycles. The average molecular weight is 383 g/mol. The fourth-order valence-corrected chi connectivity index (χ4v) is 3.95. The number of aromatic nitrogens is 2. The number of benzene rings is 1. The summed E-state index contributed by atoms with van der Waals surface area (Å²) in [7, 11) is 6.03. The van der Waals surface area contributed by atoms with Crippen LogP contribution in [0.2, 0.25) is 0 Å². The van der Waals surface area contributed by atoms with Gasteiger partial charge in [-0.05, 0) is 37.1 Å². The molecule has 3 rings (SSSR count). The lowest BCUT2D eigenvalue weighted by molar-refractivity contribution is 0.184. The number of hydrogen-bond acceptors (Lipinski definition) is 3. The smallest absolute Gasteiger partial charge is 0.191 e. The van der Waals surface area contributed by atoms with E-state index in [2.05, 4.69) is 56.9 Å². The van der Waals surface area contributed by atoms with E-state index in [1.807, 2.05) is 24.0 Å². The molecule has 0 bridgehead atoms. The van der Waals surface area contributed by atoms with Crippen LogP contribution in [0.15, 0.2) is 41.5 Å². The first-order valence-corrected chi connectivity index (χ1v) is 10.4. The summed E-state index contributed by atoms with van der Waals surface area (Å²) in [5, 5.41) is 11.0. The fraction of sp³-hybridized carbons (Fsp3) is 0.545. The fourth-order valence-electron chi connectivity index (χ4n) is 3.95. The van der Waals surface area contributed by atoms with Crippen LogP contribution in [0.3, 0.4) is 0 Å². The third kappa shape index (κ3) is 5.58. The largest absolute Gasteiger partial charge is 0.352 e. The molecule has 1 aliphatic rings. The molecule has 6 heteroatoms. The van der Waals surface area contributed by atoms with Crippen molar-refractivity contribution in [2.75, 3.05) is 14.1 Å². The molecule has 0 spiro atoms. The van der Waals surface area contributed by atoms with Gasteiger partial charge in [-0.3, -0.25) is 14.6 Å². The van der Waals surface area contributed by atoms with Crippen molar-refractivity contribution in [2.24, 2.45) is 12.0 Å². The molecule has 0 saturated heterocycles. The average Bonchev–Trinajstić information content (AvgIpc) is 3.14. The predicted octanol–water partition coefficient (Wildman–Crippen LogP) is 3.05. The van der Waals surface area contributed by atoms with E-state index in [-0.39, 0.29) is 0 Å². The highest BCUT2D eigenvalue weighted by Crippen LogP contribution is 2.23. The maximum Gasteiger partial charge on any atom is 0.191 e. The summed E-state index contributed by atoms with van der Waals surface area (Å²) in [6.45, 7) is 2.46. The van der Waals surface area contributed by atoms with Crippen molar-refractivity contribution in [1.82, 2.24) is 25.3 Å². The molecule has 1 heterocycles. The summed E-state index contributed by atoms with van der Waals surface area (Å²) in [5.41, 5.74) is 3.84. The van der Waals surface area contributed by atoms with Gasteiger partial charge in [0, 0.05) is 39.4 Å². The van der Waals surface area contributed by atoms with Crippen LogP contribution in [0.4, 0.5) is 0 Å². The molecule has 0 atom stereocenters. The molecule has 0 amide bonds. The van der Waals surface area contributed by atoms with Crippen LogP contribution in [0, 0.1) is 0 Å². The number of hydrogen-bond donors (Lipinski definition) is 2. The highest BCUT2D eigenvalue weighted by atomic mass is 15.3. The van der Waals surface area contributed by atoms with Gasteiger partial charge in [-0.2, -0.15) is 5.10 Å². The van der Waals surface area contributed by atoms with Crippen LogP contribution in [-0.4, -0.2) is 40.8 Å². The quantitative estimate of drug-likeness (QED) is 0.571. The zero-order valence-corrected chi connectivity index (χ0v) is 17.5. The first kappa shape index (κ1) is 20.4. The molecule has 0 radical (unpaired) electrons. The molecule has 28 heavy (non-hydrogen) atoms. The highest BCUT2D eigenvalue weighted by molar-refractivity contribution is 5.79. The van der Waals surface area contributed by atoms with Gasteiger partial charge in [-0.1, -0.05) is 43.5 Å². The molecule has 1 aromatic carbocycles. The summed E-state index contributed by atoms with van der Waals surface area (Å²) in [5.74, 6) is 0.802. The van der Waals surface area contributed by atoms with E-state index in [0.717, 1.165) is 30.8 Å². The summed E-state index contributed by atoms with van der Waals surface area (Å²) in [6, 6.07) is 11.5. The van der Waals surface area contributed by atoms with Crippen LogP contribution in [0.25, 0.3) is 0 Å². The van der Waals surface area contributed by atoms with E-state index in [0.29, 0.717) is 6.54 Å². The van der Waals surface area contributed by atoms with Gasteiger partial charge in [0.2, 0.25) is 0 Å². The lowest BCUT2D eigenvalue weighted by Crippen LogP contribution is -2.37. The minimum Gasteiger partial charge on any atom is -0.352 e. The Bertz CT molecular complexity index is 760. The first-order chi connectivity index (χ1) is 13.7. The van der Waals surface area contributed by atoms with E-state index < -0.39 is 0 Å². The molecular weight excluding hydrogens is 348 g/mol. The first-order valence-electron chi connectivity index (χ1n) is 10.4. The molecule has 2 N–H and O–H groups in total. The van der Waals surface area contributed by atoms with Gasteiger partial charge >= 0.3 is 0 Å². The third-order valence-electron chi connectivity index (χ3n) is 5.77. The summed E-state index contributed by atoms with van der Waals surface area (Å²) >= 11 is 0. The topological polar surface area (TPSA) is 57.5 Å². The van der Waals surface area contributed by atoms with Gasteiger partial charge in [0.05, 0.1) is 12.2 Å². The van der Waals surface area contributed by atoms with Crippen molar-refractivity contribution in [3.8, 4) is 0 Å². The van der Waals surface area contributed by atoms with Crippen molar-refractivity contribution in [3.63, 3.8) is 0 Å². The highest BCUT2D eigenvalue weighted by Gasteiger charge is 2.18. The standard InChI is InChI=1S/C22H34N6/c1-23-22(25-16-21-13-14-26-28(21)3)24-15-18-9-7-8-10-19(18)17-27(2)20-11-5-4-6-12-20/h7-10,13-14,20H,4-6,11-12,15-17H2,1-3H3,(H2,23,24,25). The van der Waals surface area contributed by atoms with Crippen LogP contribution < -0.4 is 10.6 Å². The van der Waals surface area contributed by atoms with E-state index in [9.17, 15) is 0 Å². The van der Waals surface area contributed by atoms with E-state index in [1.54, 1.807) is 7.05 Å². The van der Waals surface area contributed by atoms with Gasteiger partial charge in [0.1, 0.15) is 0 Å². The van der Waals surface area contributed by atoms with Gasteiger partial charge in [0.15, 0.2) is 5.96 Å². The van der Waals surface area contributed by atoms with Crippen LogP contribution in [0.5, 0.6) is 0 Å².